The number of fused-ring (bicyclic) bond motifs is 1. The fraction of sp³-hybridized carbons (Fsp3) is 0.455. The van der Waals surface area contributed by atoms with E-state index in [1.54, 1.807) is 12.1 Å². The van der Waals surface area contributed by atoms with Crippen molar-refractivity contribution in [2.45, 2.75) is 44.0 Å². The number of rotatable bonds is 12. The molecule has 0 radical (unpaired) electrons. The molecule has 0 aliphatic carbocycles. The molecule has 1 aromatic carbocycles. The number of carbonyl (C=O) groups is 1. The molecule has 0 aliphatic rings. The van der Waals surface area contributed by atoms with Gasteiger partial charge < -0.3 is 19.1 Å². The second-order valence-electron chi connectivity index (χ2n) is 7.63. The van der Waals surface area contributed by atoms with E-state index in [0.717, 1.165) is 35.5 Å². The monoisotopic (exact) mass is 554 g/mol. The van der Waals surface area contributed by atoms with Gasteiger partial charge in [0.25, 0.3) is 5.56 Å². The molecule has 12 heteroatoms. The number of ether oxygens (including phenoxy) is 2. The predicted molar refractivity (Wildman–Crippen MR) is 132 cm³/mol. The fourth-order valence-corrected chi connectivity index (χ4v) is 4.25. The van der Waals surface area contributed by atoms with Crippen LogP contribution in [-0.4, -0.2) is 55.2 Å². The number of aromatic amines is 1. The van der Waals surface area contributed by atoms with Crippen molar-refractivity contribution in [1.29, 1.82) is 0 Å². The van der Waals surface area contributed by atoms with Crippen LogP contribution in [0.15, 0.2) is 43.5 Å². The highest BCUT2D eigenvalue weighted by Gasteiger charge is 2.21. The van der Waals surface area contributed by atoms with Gasteiger partial charge in [0.1, 0.15) is 18.5 Å². The van der Waals surface area contributed by atoms with Crippen LogP contribution in [0, 0.1) is 0 Å². The van der Waals surface area contributed by atoms with Gasteiger partial charge in [-0.15, -0.1) is 0 Å². The standard InChI is InChI=1S/C22H27BrN4O6S/c1-3-4-5-10-32-17(29)13-34-22-24-19-18(20(30)25-21(31)26(19)2)27(22)11-15(28)12-33-16-8-6-14(23)7-9-16/h6-9,15,28H,3-5,10-13H2,1-2H3,(H,25,30,31). The van der Waals surface area contributed by atoms with Crippen LogP contribution in [0.4, 0.5) is 0 Å². The summed E-state index contributed by atoms with van der Waals surface area (Å²) in [6.45, 7) is 2.36. The Morgan fingerprint density at radius 3 is 2.71 bits per heavy atom. The van der Waals surface area contributed by atoms with E-state index in [0.29, 0.717) is 17.5 Å². The first-order valence-corrected chi connectivity index (χ1v) is 12.6. The van der Waals surface area contributed by atoms with Gasteiger partial charge in [-0.25, -0.2) is 9.78 Å². The number of imidazole rings is 1. The smallest absolute Gasteiger partial charge is 0.329 e. The molecule has 0 amide bonds. The number of nitrogens with zero attached hydrogens (tertiary/aromatic N) is 3. The second-order valence-corrected chi connectivity index (χ2v) is 9.49. The van der Waals surface area contributed by atoms with Crippen LogP contribution in [0.3, 0.4) is 0 Å². The zero-order chi connectivity index (χ0) is 24.7. The lowest BCUT2D eigenvalue weighted by Gasteiger charge is -2.15. The average molecular weight is 555 g/mol. The number of unbranched alkanes of at least 4 members (excludes halogenated alkanes) is 2. The summed E-state index contributed by atoms with van der Waals surface area (Å²) in [5.41, 5.74) is -0.939. The van der Waals surface area contributed by atoms with Crippen LogP contribution >= 0.6 is 27.7 Å². The minimum atomic E-state index is -0.988. The summed E-state index contributed by atoms with van der Waals surface area (Å²) in [4.78, 5) is 43.4. The lowest BCUT2D eigenvalue weighted by molar-refractivity contribution is -0.140. The highest BCUT2D eigenvalue weighted by Crippen LogP contribution is 2.23. The van der Waals surface area contributed by atoms with Gasteiger partial charge in [-0.05, 0) is 30.7 Å². The SMILES string of the molecule is CCCCCOC(=O)CSc1nc2c(c(=O)[nH]c(=O)n2C)n1CC(O)COc1ccc(Br)cc1. The van der Waals surface area contributed by atoms with Gasteiger partial charge in [-0.1, -0.05) is 47.5 Å². The van der Waals surface area contributed by atoms with Crippen LogP contribution in [0.25, 0.3) is 11.2 Å². The van der Waals surface area contributed by atoms with E-state index in [2.05, 4.69) is 32.8 Å². The Bertz CT molecular complexity index is 1240. The van der Waals surface area contributed by atoms with Gasteiger partial charge in [-0.3, -0.25) is 19.1 Å². The first-order chi connectivity index (χ1) is 16.3. The number of benzene rings is 1. The van der Waals surface area contributed by atoms with Crippen LogP contribution < -0.4 is 16.0 Å². The molecule has 0 saturated carbocycles. The van der Waals surface area contributed by atoms with E-state index in [1.807, 2.05) is 12.1 Å². The van der Waals surface area contributed by atoms with Crippen LogP contribution in [0.5, 0.6) is 5.75 Å². The van der Waals surface area contributed by atoms with Gasteiger partial charge in [0.05, 0.1) is 18.9 Å². The maximum atomic E-state index is 12.6. The maximum absolute atomic E-state index is 12.6. The summed E-state index contributed by atoms with van der Waals surface area (Å²) >= 11 is 4.43. The Kier molecular flexibility index (Phi) is 9.36. The fourth-order valence-electron chi connectivity index (χ4n) is 3.18. The number of hydrogen-bond donors (Lipinski definition) is 2. The number of aromatic nitrogens is 4. The number of aliphatic hydroxyl groups excluding tert-OH is 1. The lowest BCUT2D eigenvalue weighted by Crippen LogP contribution is -2.30. The predicted octanol–water partition coefficient (Wildman–Crippen LogP) is 2.45. The van der Waals surface area contributed by atoms with E-state index in [1.165, 1.54) is 16.2 Å². The number of halogens is 1. The Balaban J connectivity index is 1.77. The molecule has 0 aliphatic heterocycles. The first kappa shape index (κ1) is 26.0. The number of aryl methyl sites for hydroxylation is 1. The molecule has 3 aromatic rings. The summed E-state index contributed by atoms with van der Waals surface area (Å²) in [7, 11) is 1.49. The van der Waals surface area contributed by atoms with Gasteiger partial charge in [0, 0.05) is 11.5 Å². The first-order valence-electron chi connectivity index (χ1n) is 10.8. The summed E-state index contributed by atoms with van der Waals surface area (Å²) < 4.78 is 14.5. The molecule has 0 fully saturated rings. The molecule has 0 saturated heterocycles. The number of hydrogen-bond acceptors (Lipinski definition) is 8. The van der Waals surface area contributed by atoms with Crippen LogP contribution in [0.1, 0.15) is 26.2 Å². The van der Waals surface area contributed by atoms with Crippen LogP contribution in [-0.2, 0) is 23.1 Å². The molecule has 1 atom stereocenters. The van der Waals surface area contributed by atoms with Crippen molar-refractivity contribution in [2.24, 2.45) is 7.05 Å². The van der Waals surface area contributed by atoms with Crippen molar-refractivity contribution in [3.05, 3.63) is 49.6 Å². The van der Waals surface area contributed by atoms with Crippen molar-refractivity contribution in [3.63, 3.8) is 0 Å². The zero-order valence-electron chi connectivity index (χ0n) is 19.0. The molecule has 34 heavy (non-hydrogen) atoms. The molecular formula is C22H27BrN4O6S. The number of esters is 1. The van der Waals surface area contributed by atoms with E-state index in [4.69, 9.17) is 9.47 Å². The van der Waals surface area contributed by atoms with Gasteiger partial charge in [0.15, 0.2) is 16.3 Å². The molecule has 0 spiro atoms. The third-order valence-electron chi connectivity index (χ3n) is 4.95. The Hall–Kier alpha value is -2.57. The molecule has 2 aromatic heterocycles. The number of aliphatic hydroxyl groups is 1. The number of carbonyl (C=O) groups excluding carboxylic acids is 1. The number of nitrogens with one attached hydrogen (secondary N) is 1. The van der Waals surface area contributed by atoms with Gasteiger partial charge in [-0.2, -0.15) is 0 Å². The van der Waals surface area contributed by atoms with Crippen molar-refractivity contribution in [2.75, 3.05) is 19.0 Å². The second kappa shape index (κ2) is 12.2. The summed E-state index contributed by atoms with van der Waals surface area (Å²) in [6.07, 6.45) is 1.82. The summed E-state index contributed by atoms with van der Waals surface area (Å²) in [6, 6.07) is 7.16. The molecule has 184 valence electrons. The molecule has 1 unspecified atom stereocenters. The molecule has 10 nitrogen and oxygen atoms in total. The van der Waals surface area contributed by atoms with Crippen molar-refractivity contribution in [1.82, 2.24) is 19.1 Å². The van der Waals surface area contributed by atoms with Crippen LogP contribution in [0.2, 0.25) is 0 Å². The molecule has 3 rings (SSSR count). The highest BCUT2D eigenvalue weighted by atomic mass is 79.9. The van der Waals surface area contributed by atoms with Crippen molar-refractivity contribution < 1.29 is 19.4 Å². The van der Waals surface area contributed by atoms with E-state index < -0.39 is 23.3 Å². The third-order valence-corrected chi connectivity index (χ3v) is 6.43. The topological polar surface area (TPSA) is 128 Å². The van der Waals surface area contributed by atoms with Gasteiger partial charge >= 0.3 is 11.7 Å². The van der Waals surface area contributed by atoms with E-state index in [-0.39, 0.29) is 30.1 Å². The largest absolute Gasteiger partial charge is 0.491 e. The van der Waals surface area contributed by atoms with Crippen molar-refractivity contribution >= 4 is 44.8 Å². The molecule has 2 heterocycles. The Labute approximate surface area is 208 Å². The normalized spacial score (nSPS) is 12.1. The minimum Gasteiger partial charge on any atom is -0.491 e. The Morgan fingerprint density at radius 2 is 2.00 bits per heavy atom. The molecule has 2 N–H and O–H groups in total. The third kappa shape index (κ3) is 6.73. The molecule has 0 bridgehead atoms. The van der Waals surface area contributed by atoms with Crippen molar-refractivity contribution in [3.8, 4) is 5.75 Å². The summed E-state index contributed by atoms with van der Waals surface area (Å²) in [5.74, 6) is 0.160. The maximum Gasteiger partial charge on any atom is 0.329 e. The summed E-state index contributed by atoms with van der Waals surface area (Å²) in [5, 5.41) is 10.9. The number of thioether (sulfide) groups is 1. The minimum absolute atomic E-state index is 0.0210. The van der Waals surface area contributed by atoms with E-state index >= 15 is 0 Å². The zero-order valence-corrected chi connectivity index (χ0v) is 21.4. The van der Waals surface area contributed by atoms with E-state index in [9.17, 15) is 19.5 Å². The Morgan fingerprint density at radius 1 is 1.26 bits per heavy atom. The highest BCUT2D eigenvalue weighted by molar-refractivity contribution is 9.10. The molecular weight excluding hydrogens is 528 g/mol. The lowest BCUT2D eigenvalue weighted by atomic mass is 10.3. The average Bonchev–Trinajstić information content (AvgIpc) is 3.17. The van der Waals surface area contributed by atoms with Gasteiger partial charge in [0.2, 0.25) is 0 Å². The number of H-pyrrole nitrogens is 1. The quantitative estimate of drug-likeness (QED) is 0.198.